The molecule has 3 aromatic rings. The molecular formula is C18H18BrN5OS. The topological polar surface area (TPSA) is 72.7 Å². The molecular weight excluding hydrogens is 414 g/mol. The fourth-order valence-electron chi connectivity index (χ4n) is 2.39. The van der Waals surface area contributed by atoms with Gasteiger partial charge in [-0.3, -0.25) is 4.79 Å². The predicted molar refractivity (Wildman–Crippen MR) is 107 cm³/mol. The number of aryl methyl sites for hydroxylation is 2. The van der Waals surface area contributed by atoms with E-state index < -0.39 is 0 Å². The van der Waals surface area contributed by atoms with E-state index in [2.05, 4.69) is 36.8 Å². The number of nitrogens with one attached hydrogen (secondary N) is 1. The number of thioether (sulfide) groups is 1. The van der Waals surface area contributed by atoms with Crippen LogP contribution in [0.3, 0.4) is 0 Å². The van der Waals surface area contributed by atoms with E-state index in [4.69, 9.17) is 0 Å². The van der Waals surface area contributed by atoms with Gasteiger partial charge in [0, 0.05) is 27.2 Å². The van der Waals surface area contributed by atoms with Gasteiger partial charge >= 0.3 is 0 Å². The number of amides is 1. The second-order valence-electron chi connectivity index (χ2n) is 5.74. The first-order chi connectivity index (χ1) is 12.5. The highest BCUT2D eigenvalue weighted by atomic mass is 79.9. The Morgan fingerprint density at radius 1 is 1.19 bits per heavy atom. The lowest BCUT2D eigenvalue weighted by Gasteiger charge is -2.10. The summed E-state index contributed by atoms with van der Waals surface area (Å²) in [5.41, 5.74) is 2.62. The highest BCUT2D eigenvalue weighted by Gasteiger charge is 2.09. The van der Waals surface area contributed by atoms with Crippen LogP contribution in [0.4, 0.5) is 5.69 Å². The molecule has 134 valence electrons. The van der Waals surface area contributed by atoms with Gasteiger partial charge in [0.2, 0.25) is 5.91 Å². The van der Waals surface area contributed by atoms with Gasteiger partial charge < -0.3 is 5.32 Å². The van der Waals surface area contributed by atoms with Crippen molar-refractivity contribution in [3.8, 4) is 5.69 Å². The summed E-state index contributed by atoms with van der Waals surface area (Å²) in [5.74, 6) is 1.40. The van der Waals surface area contributed by atoms with Gasteiger partial charge in [0.25, 0.3) is 0 Å². The molecule has 1 aromatic heterocycles. The Hall–Kier alpha value is -2.19. The van der Waals surface area contributed by atoms with Crippen molar-refractivity contribution < 1.29 is 4.79 Å². The number of carbonyl (C=O) groups excluding carboxylic acids is 1. The minimum Gasteiger partial charge on any atom is -0.326 e. The summed E-state index contributed by atoms with van der Waals surface area (Å²) >= 11 is 5.08. The molecule has 3 rings (SSSR count). The zero-order chi connectivity index (χ0) is 18.5. The number of tetrazole rings is 1. The monoisotopic (exact) mass is 431 g/mol. The summed E-state index contributed by atoms with van der Waals surface area (Å²) < 4.78 is 2.71. The number of benzene rings is 2. The number of hydrogen-bond donors (Lipinski definition) is 1. The summed E-state index contributed by atoms with van der Waals surface area (Å²) in [4.78, 5) is 13.4. The molecule has 0 aliphatic heterocycles. The molecule has 6 nitrogen and oxygen atoms in total. The van der Waals surface area contributed by atoms with Crippen molar-refractivity contribution in [1.82, 2.24) is 20.2 Å². The molecule has 0 spiro atoms. The molecule has 0 saturated heterocycles. The van der Waals surface area contributed by atoms with Crippen LogP contribution in [0, 0.1) is 13.8 Å². The second-order valence-corrected chi connectivity index (χ2v) is 7.82. The lowest BCUT2D eigenvalue weighted by molar-refractivity contribution is -0.115. The third-order valence-corrected chi connectivity index (χ3v) is 5.30. The van der Waals surface area contributed by atoms with Gasteiger partial charge in [-0.2, -0.15) is 4.68 Å². The number of aromatic nitrogens is 4. The largest absolute Gasteiger partial charge is 0.326 e. The van der Waals surface area contributed by atoms with E-state index in [1.807, 2.05) is 56.3 Å². The molecule has 1 heterocycles. The maximum atomic E-state index is 12.2. The molecule has 0 aliphatic rings. The molecule has 0 unspecified atom stereocenters. The average Bonchev–Trinajstić information content (AvgIpc) is 3.04. The lowest BCUT2D eigenvalue weighted by atomic mass is 10.1. The first-order valence-corrected chi connectivity index (χ1v) is 9.85. The summed E-state index contributed by atoms with van der Waals surface area (Å²) in [6.07, 6.45) is 0.438. The van der Waals surface area contributed by atoms with E-state index in [0.29, 0.717) is 12.2 Å². The van der Waals surface area contributed by atoms with Crippen LogP contribution in [0.25, 0.3) is 5.69 Å². The van der Waals surface area contributed by atoms with Crippen molar-refractivity contribution in [1.29, 1.82) is 0 Å². The van der Waals surface area contributed by atoms with Crippen molar-refractivity contribution in [2.24, 2.45) is 0 Å². The van der Waals surface area contributed by atoms with Crippen LogP contribution < -0.4 is 5.32 Å². The van der Waals surface area contributed by atoms with Gasteiger partial charge in [0.15, 0.2) is 5.82 Å². The maximum Gasteiger partial charge on any atom is 0.225 e. The van der Waals surface area contributed by atoms with Crippen LogP contribution in [0.15, 0.2) is 51.8 Å². The van der Waals surface area contributed by atoms with E-state index in [0.717, 1.165) is 32.1 Å². The van der Waals surface area contributed by atoms with Crippen molar-refractivity contribution in [3.63, 3.8) is 0 Å². The van der Waals surface area contributed by atoms with Gasteiger partial charge in [-0.1, -0.05) is 22.0 Å². The van der Waals surface area contributed by atoms with E-state index in [1.165, 1.54) is 0 Å². The Bertz CT molecular complexity index is 910. The fraction of sp³-hybridized carbons (Fsp3) is 0.222. The molecule has 0 bridgehead atoms. The van der Waals surface area contributed by atoms with E-state index >= 15 is 0 Å². The van der Waals surface area contributed by atoms with Gasteiger partial charge in [0.05, 0.1) is 5.69 Å². The lowest BCUT2D eigenvalue weighted by Crippen LogP contribution is -2.13. The summed E-state index contributed by atoms with van der Waals surface area (Å²) in [7, 11) is 0. The Morgan fingerprint density at radius 2 is 1.96 bits per heavy atom. The number of halogens is 1. The van der Waals surface area contributed by atoms with Crippen LogP contribution in [0.1, 0.15) is 17.8 Å². The Balaban J connectivity index is 1.59. The quantitative estimate of drug-likeness (QED) is 0.593. The van der Waals surface area contributed by atoms with Gasteiger partial charge in [-0.15, -0.1) is 16.9 Å². The fourth-order valence-corrected chi connectivity index (χ4v) is 3.50. The van der Waals surface area contributed by atoms with Crippen LogP contribution in [0.2, 0.25) is 0 Å². The average molecular weight is 432 g/mol. The van der Waals surface area contributed by atoms with Crippen LogP contribution in [0.5, 0.6) is 0 Å². The first kappa shape index (κ1) is 18.6. The van der Waals surface area contributed by atoms with Crippen LogP contribution in [-0.4, -0.2) is 31.9 Å². The molecule has 0 saturated carbocycles. The number of anilines is 1. The molecule has 26 heavy (non-hydrogen) atoms. The Kier molecular flexibility index (Phi) is 6.05. The molecule has 8 heteroatoms. The number of nitrogens with zero attached hydrogens (tertiary/aromatic N) is 4. The molecule has 0 aliphatic carbocycles. The number of rotatable bonds is 6. The van der Waals surface area contributed by atoms with Gasteiger partial charge in [-0.05, 0) is 66.2 Å². The number of carbonyl (C=O) groups is 1. The van der Waals surface area contributed by atoms with E-state index in [-0.39, 0.29) is 5.91 Å². The molecule has 0 atom stereocenters. The first-order valence-electron chi connectivity index (χ1n) is 8.07. The standard InChI is InChI=1S/C18H18BrN5OS/c1-12-3-6-15(11-17(12)24-13(2)21-22-23-24)20-18(25)9-10-26-16-7-4-14(19)5-8-16/h3-8,11H,9-10H2,1-2H3,(H,20,25). The zero-order valence-corrected chi connectivity index (χ0v) is 16.8. The van der Waals surface area contributed by atoms with E-state index in [9.17, 15) is 4.79 Å². The molecule has 0 fully saturated rings. The SMILES string of the molecule is Cc1ccc(NC(=O)CCSc2ccc(Br)cc2)cc1-n1nnnc1C. The van der Waals surface area contributed by atoms with Gasteiger partial charge in [-0.25, -0.2) is 0 Å². The van der Waals surface area contributed by atoms with Crippen molar-refractivity contribution in [3.05, 3.63) is 58.3 Å². The van der Waals surface area contributed by atoms with Crippen molar-refractivity contribution in [2.45, 2.75) is 25.2 Å². The second kappa shape index (κ2) is 8.46. The van der Waals surface area contributed by atoms with Crippen molar-refractivity contribution in [2.75, 3.05) is 11.1 Å². The highest BCUT2D eigenvalue weighted by molar-refractivity contribution is 9.10. The molecule has 1 N–H and O–H groups in total. The Morgan fingerprint density at radius 3 is 2.65 bits per heavy atom. The molecule has 2 aromatic carbocycles. The summed E-state index contributed by atoms with van der Waals surface area (Å²) in [6.45, 7) is 3.82. The normalized spacial score (nSPS) is 10.7. The van der Waals surface area contributed by atoms with Crippen molar-refractivity contribution >= 4 is 39.3 Å². The zero-order valence-electron chi connectivity index (χ0n) is 14.4. The van der Waals surface area contributed by atoms with E-state index in [1.54, 1.807) is 16.4 Å². The predicted octanol–water partition coefficient (Wildman–Crippen LogP) is 4.16. The highest BCUT2D eigenvalue weighted by Crippen LogP contribution is 2.22. The Labute approximate surface area is 164 Å². The minimum absolute atomic E-state index is 0.0159. The molecule has 0 radical (unpaired) electrons. The minimum atomic E-state index is -0.0159. The van der Waals surface area contributed by atoms with Crippen LogP contribution >= 0.6 is 27.7 Å². The maximum absolute atomic E-state index is 12.2. The summed E-state index contributed by atoms with van der Waals surface area (Å²) in [6, 6.07) is 13.8. The van der Waals surface area contributed by atoms with Gasteiger partial charge in [0.1, 0.15) is 0 Å². The van der Waals surface area contributed by atoms with Crippen LogP contribution in [-0.2, 0) is 4.79 Å². The molecule has 1 amide bonds. The third kappa shape index (κ3) is 4.70. The summed E-state index contributed by atoms with van der Waals surface area (Å²) in [5, 5.41) is 14.5. The number of hydrogen-bond acceptors (Lipinski definition) is 5. The smallest absolute Gasteiger partial charge is 0.225 e. The third-order valence-electron chi connectivity index (χ3n) is 3.76.